The SMILES string of the molecule is C=CC(=O)N1CC(C)N2c3c(c(=O)n(-c4c(C)ccnc4C(C)C)c4nc(-c5c(O)cccc5F)c(Cl)cc34)NCC2C1. The van der Waals surface area contributed by atoms with Gasteiger partial charge in [-0.1, -0.05) is 38.1 Å². The van der Waals surface area contributed by atoms with Crippen molar-refractivity contribution in [1.29, 1.82) is 0 Å². The van der Waals surface area contributed by atoms with Crippen LogP contribution in [0.3, 0.4) is 0 Å². The second-order valence-electron chi connectivity index (χ2n) is 11.4. The first-order chi connectivity index (χ1) is 20.5. The third kappa shape index (κ3) is 4.52. The average Bonchev–Trinajstić information content (AvgIpc) is 2.97. The van der Waals surface area contributed by atoms with Gasteiger partial charge in [-0.15, -0.1) is 0 Å². The van der Waals surface area contributed by atoms with Gasteiger partial charge in [0.05, 0.1) is 39.4 Å². The molecule has 2 N–H and O–H groups in total. The fourth-order valence-corrected chi connectivity index (χ4v) is 6.63. The Hall–Kier alpha value is -4.44. The number of piperazine rings is 1. The average molecular weight is 603 g/mol. The van der Waals surface area contributed by atoms with E-state index in [-0.39, 0.29) is 57.1 Å². The van der Waals surface area contributed by atoms with Gasteiger partial charge in [-0.3, -0.25) is 19.1 Å². The molecule has 11 heteroatoms. The lowest BCUT2D eigenvalue weighted by atomic mass is 9.98. The van der Waals surface area contributed by atoms with Crippen molar-refractivity contribution in [2.24, 2.45) is 0 Å². The molecule has 0 aliphatic carbocycles. The van der Waals surface area contributed by atoms with Gasteiger partial charge in [-0.2, -0.15) is 0 Å². The molecule has 0 saturated carbocycles. The number of nitrogens with zero attached hydrogens (tertiary/aromatic N) is 5. The number of rotatable bonds is 4. The molecule has 0 bridgehead atoms. The van der Waals surface area contributed by atoms with Gasteiger partial charge in [0.15, 0.2) is 5.65 Å². The zero-order valence-electron chi connectivity index (χ0n) is 24.4. The van der Waals surface area contributed by atoms with Crippen molar-refractivity contribution in [2.45, 2.75) is 45.7 Å². The molecule has 1 aromatic carbocycles. The number of hydrogen-bond acceptors (Lipinski definition) is 7. The molecule has 222 valence electrons. The van der Waals surface area contributed by atoms with E-state index in [0.29, 0.717) is 47.8 Å². The van der Waals surface area contributed by atoms with Crippen LogP contribution in [0.15, 0.2) is 54.0 Å². The predicted molar refractivity (Wildman–Crippen MR) is 167 cm³/mol. The highest BCUT2D eigenvalue weighted by molar-refractivity contribution is 6.34. The molecule has 5 heterocycles. The summed E-state index contributed by atoms with van der Waals surface area (Å²) in [6, 6.07) is 7.20. The lowest BCUT2D eigenvalue weighted by Gasteiger charge is -2.50. The quantitative estimate of drug-likeness (QED) is 0.302. The van der Waals surface area contributed by atoms with Crippen molar-refractivity contribution in [3.8, 4) is 22.7 Å². The molecule has 2 aliphatic rings. The fraction of sp³-hybridized carbons (Fsp3) is 0.312. The van der Waals surface area contributed by atoms with Gasteiger partial charge in [-0.25, -0.2) is 9.37 Å². The summed E-state index contributed by atoms with van der Waals surface area (Å²) >= 11 is 6.83. The zero-order chi connectivity index (χ0) is 30.7. The van der Waals surface area contributed by atoms with Crippen LogP contribution in [0.1, 0.15) is 37.9 Å². The molecular formula is C32H32ClFN6O3. The van der Waals surface area contributed by atoms with Crippen molar-refractivity contribution in [1.82, 2.24) is 19.4 Å². The van der Waals surface area contributed by atoms with E-state index in [1.54, 1.807) is 17.2 Å². The third-order valence-corrected chi connectivity index (χ3v) is 8.56. The van der Waals surface area contributed by atoms with Crippen LogP contribution in [0.2, 0.25) is 5.02 Å². The zero-order valence-corrected chi connectivity index (χ0v) is 25.1. The molecule has 6 rings (SSSR count). The Labute approximate surface area is 253 Å². The molecule has 1 saturated heterocycles. The first kappa shape index (κ1) is 28.7. The number of aromatic nitrogens is 3. The number of fused-ring (bicyclic) bond motifs is 5. The number of aromatic hydroxyl groups is 1. The van der Waals surface area contributed by atoms with Crippen LogP contribution in [0.25, 0.3) is 28.0 Å². The number of anilines is 2. The molecule has 3 aromatic heterocycles. The molecule has 2 unspecified atom stereocenters. The maximum Gasteiger partial charge on any atom is 0.282 e. The molecule has 0 radical (unpaired) electrons. The minimum atomic E-state index is -0.695. The van der Waals surface area contributed by atoms with Gasteiger partial charge in [0.25, 0.3) is 5.56 Å². The standard InChI is InChI=1S/C32H32ClFN6O3/c1-6-24(42)38-14-18(5)39-19(15-38)13-36-28-30(39)20-12-21(33)27(25-22(34)8-7-9-23(25)41)37-31(20)40(32(28)43)29-17(4)10-11-35-26(29)16(2)3/h6-12,16,18-19,36,41H,1,13-15H2,2-5H3. The van der Waals surface area contributed by atoms with Crippen LogP contribution in [-0.4, -0.2) is 62.2 Å². The molecule has 2 aliphatic heterocycles. The molecule has 2 atom stereocenters. The number of phenols is 1. The van der Waals surface area contributed by atoms with Crippen molar-refractivity contribution in [3.05, 3.63) is 81.6 Å². The minimum absolute atomic E-state index is 0.0141. The molecule has 9 nitrogen and oxygen atoms in total. The summed E-state index contributed by atoms with van der Waals surface area (Å²) in [7, 11) is 0. The molecule has 43 heavy (non-hydrogen) atoms. The molecule has 4 aromatic rings. The monoisotopic (exact) mass is 602 g/mol. The second kappa shape index (κ2) is 10.7. The second-order valence-corrected chi connectivity index (χ2v) is 11.9. The molecule has 0 spiro atoms. The molecule has 1 fully saturated rings. The van der Waals surface area contributed by atoms with E-state index in [2.05, 4.69) is 21.8 Å². The number of benzene rings is 1. The van der Waals surface area contributed by atoms with E-state index in [4.69, 9.17) is 16.6 Å². The fourth-order valence-electron chi connectivity index (χ4n) is 6.39. The summed E-state index contributed by atoms with van der Waals surface area (Å²) in [4.78, 5) is 40.5. The van der Waals surface area contributed by atoms with Crippen molar-refractivity contribution in [2.75, 3.05) is 29.9 Å². The highest BCUT2D eigenvalue weighted by atomic mass is 35.5. The van der Waals surface area contributed by atoms with Crippen LogP contribution in [0.4, 0.5) is 15.8 Å². The smallest absolute Gasteiger partial charge is 0.282 e. The summed E-state index contributed by atoms with van der Waals surface area (Å²) in [6.07, 6.45) is 3.02. The Morgan fingerprint density at radius 1 is 1.26 bits per heavy atom. The Morgan fingerprint density at radius 3 is 2.72 bits per heavy atom. The number of pyridine rings is 3. The predicted octanol–water partition coefficient (Wildman–Crippen LogP) is 5.39. The van der Waals surface area contributed by atoms with Crippen LogP contribution in [0.5, 0.6) is 5.75 Å². The van der Waals surface area contributed by atoms with Gasteiger partial charge in [0.1, 0.15) is 17.3 Å². The Bertz CT molecular complexity index is 1850. The number of halogens is 2. The Morgan fingerprint density at radius 2 is 2.02 bits per heavy atom. The maximum absolute atomic E-state index is 15.1. The minimum Gasteiger partial charge on any atom is -0.507 e. The summed E-state index contributed by atoms with van der Waals surface area (Å²) < 4.78 is 16.7. The first-order valence-electron chi connectivity index (χ1n) is 14.2. The number of phenolic OH excluding ortho intramolecular Hbond substituents is 1. The number of carbonyl (C=O) groups is 1. The van der Waals surface area contributed by atoms with E-state index in [1.807, 2.05) is 33.8 Å². The van der Waals surface area contributed by atoms with Crippen LogP contribution >= 0.6 is 11.6 Å². The van der Waals surface area contributed by atoms with Crippen LogP contribution in [0, 0.1) is 12.7 Å². The van der Waals surface area contributed by atoms with Gasteiger partial charge in [-0.05, 0) is 55.7 Å². The maximum atomic E-state index is 15.1. The van der Waals surface area contributed by atoms with Gasteiger partial charge < -0.3 is 20.2 Å². The summed E-state index contributed by atoms with van der Waals surface area (Å²) in [6.45, 7) is 12.9. The van der Waals surface area contributed by atoms with E-state index in [1.165, 1.54) is 28.8 Å². The molecule has 1 amide bonds. The summed E-state index contributed by atoms with van der Waals surface area (Å²) in [5.41, 5.74) is 2.89. The van der Waals surface area contributed by atoms with Crippen molar-refractivity contribution < 1.29 is 14.3 Å². The lowest BCUT2D eigenvalue weighted by molar-refractivity contribution is -0.127. The summed E-state index contributed by atoms with van der Waals surface area (Å²) in [5.74, 6) is -1.19. The third-order valence-electron chi connectivity index (χ3n) is 8.27. The first-order valence-corrected chi connectivity index (χ1v) is 14.6. The highest BCUT2D eigenvalue weighted by Crippen LogP contribution is 2.44. The van der Waals surface area contributed by atoms with E-state index in [9.17, 15) is 14.7 Å². The van der Waals surface area contributed by atoms with Gasteiger partial charge in [0, 0.05) is 37.3 Å². The number of nitrogens with one attached hydrogen (secondary N) is 1. The van der Waals surface area contributed by atoms with Crippen LogP contribution < -0.4 is 15.8 Å². The lowest BCUT2D eigenvalue weighted by Crippen LogP contribution is -2.63. The van der Waals surface area contributed by atoms with Gasteiger partial charge in [0.2, 0.25) is 5.91 Å². The Balaban J connectivity index is 1.71. The number of hydrogen-bond donors (Lipinski definition) is 2. The number of amides is 1. The van der Waals surface area contributed by atoms with E-state index < -0.39 is 5.82 Å². The van der Waals surface area contributed by atoms with Crippen LogP contribution in [-0.2, 0) is 4.79 Å². The van der Waals surface area contributed by atoms with E-state index in [0.717, 1.165) is 5.56 Å². The molecular weight excluding hydrogens is 571 g/mol. The largest absolute Gasteiger partial charge is 0.507 e. The van der Waals surface area contributed by atoms with Crippen molar-refractivity contribution >= 4 is 39.9 Å². The number of carbonyl (C=O) groups excluding carboxylic acids is 1. The van der Waals surface area contributed by atoms with Gasteiger partial charge >= 0.3 is 0 Å². The topological polar surface area (TPSA) is 104 Å². The number of aryl methyl sites for hydroxylation is 1. The highest BCUT2D eigenvalue weighted by Gasteiger charge is 2.40. The summed E-state index contributed by atoms with van der Waals surface area (Å²) in [5, 5.41) is 14.7. The van der Waals surface area contributed by atoms with E-state index >= 15 is 4.39 Å². The van der Waals surface area contributed by atoms with Crippen molar-refractivity contribution in [3.63, 3.8) is 0 Å². The normalized spacial score (nSPS) is 17.9. The Kier molecular flexibility index (Phi) is 7.12.